The first-order valence-corrected chi connectivity index (χ1v) is 16.7. The summed E-state index contributed by atoms with van der Waals surface area (Å²) in [5, 5.41) is 13.8. The molecule has 3 heterocycles. The lowest BCUT2D eigenvalue weighted by molar-refractivity contribution is -0.159. The second-order valence-corrected chi connectivity index (χ2v) is 14.1. The molecule has 3 saturated heterocycles. The van der Waals surface area contributed by atoms with Gasteiger partial charge in [-0.05, 0) is 56.4 Å². The molecule has 10 nitrogen and oxygen atoms in total. The zero-order valence-electron chi connectivity index (χ0n) is 26.0. The number of nitrogens with zero attached hydrogens (tertiary/aromatic N) is 2. The van der Waals surface area contributed by atoms with Crippen LogP contribution in [0.2, 0.25) is 5.02 Å². The molecule has 3 fully saturated rings. The summed E-state index contributed by atoms with van der Waals surface area (Å²) < 4.78 is 12.4. The molecule has 246 valence electrons. The van der Waals surface area contributed by atoms with Crippen molar-refractivity contribution in [1.82, 2.24) is 10.2 Å². The summed E-state index contributed by atoms with van der Waals surface area (Å²) in [5.74, 6) is -3.52. The molecule has 0 aliphatic carbocycles. The number of halogens is 2. The largest absolute Gasteiger partial charge is 0.460 e. The van der Waals surface area contributed by atoms with Gasteiger partial charge < -0.3 is 29.7 Å². The van der Waals surface area contributed by atoms with E-state index in [0.717, 1.165) is 0 Å². The molecule has 4 rings (SSSR count). The fourth-order valence-electron chi connectivity index (χ4n) is 6.95. The first-order valence-electron chi connectivity index (χ1n) is 15.4. The number of esters is 1. The molecule has 12 heteroatoms. The van der Waals surface area contributed by atoms with E-state index >= 15 is 0 Å². The number of benzene rings is 1. The van der Waals surface area contributed by atoms with Crippen LogP contribution in [-0.4, -0.2) is 88.1 Å². The number of rotatable bonds is 15. The number of amides is 3. The highest BCUT2D eigenvalue weighted by Gasteiger charge is 2.77. The predicted octanol–water partition coefficient (Wildman–Crippen LogP) is 4.03. The molecule has 1 aromatic rings. The predicted molar refractivity (Wildman–Crippen MR) is 175 cm³/mol. The number of aliphatic hydroxyl groups is 1. The maximum Gasteiger partial charge on any atom is 0.312 e. The highest BCUT2D eigenvalue weighted by molar-refractivity contribution is 9.09. The van der Waals surface area contributed by atoms with Crippen molar-refractivity contribution in [3.8, 4) is 0 Å². The maximum absolute atomic E-state index is 14.7. The lowest BCUT2D eigenvalue weighted by atomic mass is 9.70. The normalized spacial score (nSPS) is 28.0. The Kier molecular flexibility index (Phi) is 11.5. The van der Waals surface area contributed by atoms with E-state index in [0.29, 0.717) is 30.0 Å². The molecule has 3 aliphatic heterocycles. The van der Waals surface area contributed by atoms with Crippen molar-refractivity contribution < 1.29 is 33.8 Å². The number of hydrogen-bond acceptors (Lipinski definition) is 7. The highest BCUT2D eigenvalue weighted by Crippen LogP contribution is 2.61. The zero-order valence-corrected chi connectivity index (χ0v) is 28.3. The van der Waals surface area contributed by atoms with Crippen LogP contribution in [0.3, 0.4) is 0 Å². The fourth-order valence-corrected chi connectivity index (χ4v) is 8.02. The molecule has 45 heavy (non-hydrogen) atoms. The highest BCUT2D eigenvalue weighted by atomic mass is 79.9. The SMILES string of the molecule is C=CCCC(=O)NC[C@H](C)OC(=O)[C@H]1[C@@H]2O[C@@]3(CC2Br)[C@@H]1C(=O)N([C@@H](CO)CC(C)C)[C@@H]3C(=O)N(CC=C)c1ccc(Cl)cc1. The van der Waals surface area contributed by atoms with Crippen molar-refractivity contribution in [3.05, 3.63) is 54.6 Å². The van der Waals surface area contributed by atoms with Gasteiger partial charge in [0.1, 0.15) is 17.7 Å². The van der Waals surface area contributed by atoms with Crippen LogP contribution in [0.15, 0.2) is 49.6 Å². The summed E-state index contributed by atoms with van der Waals surface area (Å²) >= 11 is 9.80. The number of nitrogens with one attached hydrogen (secondary N) is 1. The Bertz CT molecular complexity index is 1290. The molecule has 2 bridgehead atoms. The number of carbonyl (C=O) groups excluding carboxylic acids is 4. The van der Waals surface area contributed by atoms with Gasteiger partial charge in [-0.1, -0.05) is 53.5 Å². The summed E-state index contributed by atoms with van der Waals surface area (Å²) in [5.41, 5.74) is -0.779. The summed E-state index contributed by atoms with van der Waals surface area (Å²) in [6.45, 7) is 13.0. The zero-order chi connectivity index (χ0) is 33.1. The minimum absolute atomic E-state index is 0.104. The fraction of sp³-hybridized carbons (Fsp3) is 0.576. The average Bonchev–Trinajstić information content (AvgIpc) is 3.59. The number of allylic oxidation sites excluding steroid dienone is 1. The topological polar surface area (TPSA) is 125 Å². The van der Waals surface area contributed by atoms with E-state index in [2.05, 4.69) is 34.4 Å². The molecular weight excluding hydrogens is 666 g/mol. The molecule has 1 spiro atoms. The van der Waals surface area contributed by atoms with Gasteiger partial charge in [-0.15, -0.1) is 13.2 Å². The maximum atomic E-state index is 14.7. The Morgan fingerprint density at radius 3 is 2.53 bits per heavy atom. The van der Waals surface area contributed by atoms with Crippen LogP contribution in [0.4, 0.5) is 5.69 Å². The van der Waals surface area contributed by atoms with Gasteiger partial charge in [-0.25, -0.2) is 0 Å². The van der Waals surface area contributed by atoms with E-state index in [1.807, 2.05) is 13.8 Å². The lowest BCUT2D eigenvalue weighted by Gasteiger charge is -2.39. The Balaban J connectivity index is 1.70. The van der Waals surface area contributed by atoms with Crippen LogP contribution in [0.5, 0.6) is 0 Å². The first-order chi connectivity index (χ1) is 21.4. The second kappa shape index (κ2) is 14.8. The van der Waals surface area contributed by atoms with Crippen molar-refractivity contribution in [1.29, 1.82) is 0 Å². The van der Waals surface area contributed by atoms with Crippen LogP contribution in [0.25, 0.3) is 0 Å². The van der Waals surface area contributed by atoms with Gasteiger partial charge >= 0.3 is 5.97 Å². The first kappa shape index (κ1) is 35.1. The minimum Gasteiger partial charge on any atom is -0.460 e. The van der Waals surface area contributed by atoms with Crippen LogP contribution < -0.4 is 10.2 Å². The van der Waals surface area contributed by atoms with Gasteiger partial charge in [0, 0.05) is 28.5 Å². The Morgan fingerprint density at radius 1 is 1.24 bits per heavy atom. The molecule has 1 aromatic carbocycles. The van der Waals surface area contributed by atoms with Crippen LogP contribution >= 0.6 is 27.5 Å². The van der Waals surface area contributed by atoms with Gasteiger partial charge in [0.2, 0.25) is 11.8 Å². The summed E-state index contributed by atoms with van der Waals surface area (Å²) in [4.78, 5) is 57.7. The number of hydrogen-bond donors (Lipinski definition) is 2. The molecule has 2 N–H and O–H groups in total. The van der Waals surface area contributed by atoms with Crippen molar-refractivity contribution in [3.63, 3.8) is 0 Å². The number of alkyl halides is 1. The van der Waals surface area contributed by atoms with Crippen LogP contribution in [-0.2, 0) is 28.7 Å². The third-order valence-electron chi connectivity index (χ3n) is 8.78. The smallest absolute Gasteiger partial charge is 0.312 e. The van der Waals surface area contributed by atoms with Gasteiger partial charge in [0.25, 0.3) is 5.91 Å². The quantitative estimate of drug-likeness (QED) is 0.160. The van der Waals surface area contributed by atoms with Gasteiger partial charge in [-0.2, -0.15) is 0 Å². The molecule has 0 saturated carbocycles. The van der Waals surface area contributed by atoms with E-state index in [1.165, 1.54) is 9.80 Å². The van der Waals surface area contributed by atoms with Crippen LogP contribution in [0, 0.1) is 17.8 Å². The number of likely N-dealkylation sites (tertiary alicyclic amines) is 1. The summed E-state index contributed by atoms with van der Waals surface area (Å²) in [6, 6.07) is 4.99. The lowest BCUT2D eigenvalue weighted by Crippen LogP contribution is -2.59. The van der Waals surface area contributed by atoms with Crippen molar-refractivity contribution in [2.75, 3.05) is 24.6 Å². The Morgan fingerprint density at radius 2 is 1.93 bits per heavy atom. The number of anilines is 1. The third-order valence-corrected chi connectivity index (χ3v) is 9.87. The van der Waals surface area contributed by atoms with E-state index in [1.54, 1.807) is 43.3 Å². The molecule has 3 aliphatic rings. The number of ether oxygens (including phenoxy) is 2. The van der Waals surface area contributed by atoms with Crippen molar-refractivity contribution in [2.45, 2.75) is 81.2 Å². The number of aliphatic hydroxyl groups excluding tert-OH is 1. The molecule has 0 aromatic heterocycles. The van der Waals surface area contributed by atoms with E-state index in [-0.39, 0.29) is 42.8 Å². The average molecular weight is 709 g/mol. The number of fused-ring (bicyclic) bond motifs is 1. The van der Waals surface area contributed by atoms with E-state index < -0.39 is 59.5 Å². The second-order valence-electron chi connectivity index (χ2n) is 12.5. The monoisotopic (exact) mass is 707 g/mol. The molecule has 1 unspecified atom stereocenters. The summed E-state index contributed by atoms with van der Waals surface area (Å²) in [7, 11) is 0. The molecular formula is C33H43BrClN3O7. The third kappa shape index (κ3) is 7.01. The van der Waals surface area contributed by atoms with Gasteiger partial charge in [0.15, 0.2) is 0 Å². The standard InChI is InChI=1S/C33H43BrClN3O7/c1-6-8-9-25(40)36-17-20(5)44-32(43)26-27-30(41)38(23(18-39)15-19(3)4)29(33(27)16-24(34)28(26)45-33)31(42)37(14-7-2)22-12-10-21(35)11-13-22/h6-7,10-13,19-20,23-24,26-29,39H,1-2,8-9,14-18H2,3-5H3,(H,36,40)/t20-,23+,24?,26+,27-,28+,29+,33-/m0/s1. The van der Waals surface area contributed by atoms with Crippen molar-refractivity contribution >= 4 is 56.9 Å². The van der Waals surface area contributed by atoms with Gasteiger partial charge in [0.05, 0.1) is 37.1 Å². The van der Waals surface area contributed by atoms with Crippen molar-refractivity contribution in [2.24, 2.45) is 17.8 Å². The summed E-state index contributed by atoms with van der Waals surface area (Å²) in [6.07, 6.45) is 3.43. The molecule has 8 atom stereocenters. The molecule has 0 radical (unpaired) electrons. The Labute approximate surface area is 278 Å². The Hall–Kier alpha value is -2.73. The van der Waals surface area contributed by atoms with Gasteiger partial charge in [-0.3, -0.25) is 19.2 Å². The van der Waals surface area contributed by atoms with E-state index in [9.17, 15) is 24.3 Å². The number of carbonyl (C=O) groups is 4. The minimum atomic E-state index is -1.34. The van der Waals surface area contributed by atoms with Crippen LogP contribution in [0.1, 0.15) is 46.5 Å². The molecule has 3 amide bonds. The van der Waals surface area contributed by atoms with E-state index in [4.69, 9.17) is 21.1 Å².